The number of carbonyl (C=O) groups is 2. The van der Waals surface area contributed by atoms with E-state index >= 15 is 0 Å². The molecule has 0 atom stereocenters. The number of Topliss-reactive ketones (excluding diaryl/α,β-unsaturated/α-hetero) is 1. The molecule has 0 saturated heterocycles. The summed E-state index contributed by atoms with van der Waals surface area (Å²) in [6.07, 6.45) is 1.92. The second-order valence-electron chi connectivity index (χ2n) is 6.21. The van der Waals surface area contributed by atoms with Gasteiger partial charge in [0.2, 0.25) is 5.78 Å². The van der Waals surface area contributed by atoms with E-state index in [1.54, 1.807) is 24.1 Å². The van der Waals surface area contributed by atoms with E-state index in [2.05, 4.69) is 0 Å². The Hall–Kier alpha value is -2.62. The Labute approximate surface area is 142 Å². The average Bonchev–Trinajstić information content (AvgIpc) is 3.44. The van der Waals surface area contributed by atoms with Gasteiger partial charge in [-0.3, -0.25) is 9.59 Å². The Bertz CT molecular complexity index is 730. The molecule has 0 heterocycles. The molecule has 1 amide bonds. The van der Waals surface area contributed by atoms with Crippen molar-refractivity contribution in [3.8, 4) is 5.75 Å². The molecule has 24 heavy (non-hydrogen) atoms. The lowest BCUT2D eigenvalue weighted by atomic mass is 10.1. The number of nitrogens with zero attached hydrogens (tertiary/aromatic N) is 1. The molecule has 0 bridgehead atoms. The zero-order valence-corrected chi connectivity index (χ0v) is 14.0. The fraction of sp³-hybridized carbons (Fsp3) is 0.300. The van der Waals surface area contributed by atoms with Crippen molar-refractivity contribution in [1.29, 1.82) is 0 Å². The lowest BCUT2D eigenvalue weighted by Crippen LogP contribution is -2.37. The molecule has 1 saturated carbocycles. The van der Waals surface area contributed by atoms with Gasteiger partial charge in [0.05, 0.1) is 7.11 Å². The molecule has 0 radical (unpaired) electrons. The number of ketones is 1. The molecule has 3 rings (SSSR count). The number of methoxy groups -OCH3 is 1. The van der Waals surface area contributed by atoms with Crippen molar-refractivity contribution in [2.45, 2.75) is 32.4 Å². The lowest BCUT2D eigenvalue weighted by molar-refractivity contribution is -0.127. The molecule has 0 spiro atoms. The van der Waals surface area contributed by atoms with Crippen molar-refractivity contribution in [3.63, 3.8) is 0 Å². The number of ether oxygens (including phenoxy) is 1. The lowest BCUT2D eigenvalue weighted by Gasteiger charge is -2.22. The summed E-state index contributed by atoms with van der Waals surface area (Å²) in [7, 11) is 1.62. The fourth-order valence-corrected chi connectivity index (χ4v) is 2.64. The van der Waals surface area contributed by atoms with Crippen molar-refractivity contribution in [1.82, 2.24) is 4.90 Å². The molecule has 0 N–H and O–H groups in total. The predicted molar refractivity (Wildman–Crippen MR) is 92.1 cm³/mol. The third-order valence-electron chi connectivity index (χ3n) is 4.27. The highest BCUT2D eigenvalue weighted by Gasteiger charge is 2.35. The zero-order valence-electron chi connectivity index (χ0n) is 14.0. The first-order valence-corrected chi connectivity index (χ1v) is 8.13. The summed E-state index contributed by atoms with van der Waals surface area (Å²) < 4.78 is 5.15. The van der Waals surface area contributed by atoms with Gasteiger partial charge >= 0.3 is 0 Å². The molecule has 4 heteroatoms. The number of aryl methyl sites for hydroxylation is 1. The summed E-state index contributed by atoms with van der Waals surface area (Å²) in [6.45, 7) is 2.40. The monoisotopic (exact) mass is 323 g/mol. The van der Waals surface area contributed by atoms with Crippen molar-refractivity contribution in [2.24, 2.45) is 0 Å². The molecule has 0 unspecified atom stereocenters. The van der Waals surface area contributed by atoms with Gasteiger partial charge in [0.1, 0.15) is 5.75 Å². The maximum absolute atomic E-state index is 12.7. The highest BCUT2D eigenvalue weighted by molar-refractivity contribution is 6.42. The zero-order chi connectivity index (χ0) is 17.1. The standard InChI is InChI=1S/C20H21NO3/c1-14-3-7-16(8-4-14)19(22)20(23)21(17-9-10-17)13-15-5-11-18(24-2)12-6-15/h3-8,11-12,17H,9-10,13H2,1-2H3. The number of amides is 1. The first-order chi connectivity index (χ1) is 11.6. The predicted octanol–water partition coefficient (Wildman–Crippen LogP) is 3.38. The Morgan fingerprint density at radius 3 is 2.21 bits per heavy atom. The SMILES string of the molecule is COc1ccc(CN(C(=O)C(=O)c2ccc(C)cc2)C2CC2)cc1. The van der Waals surface area contributed by atoms with Crippen molar-refractivity contribution < 1.29 is 14.3 Å². The third-order valence-corrected chi connectivity index (χ3v) is 4.27. The van der Waals surface area contributed by atoms with Crippen LogP contribution in [0.1, 0.15) is 34.3 Å². The molecule has 0 aromatic heterocycles. The van der Waals surface area contributed by atoms with Gasteiger partial charge in [0, 0.05) is 18.2 Å². The number of carbonyl (C=O) groups excluding carboxylic acids is 2. The van der Waals surface area contributed by atoms with E-state index in [0.717, 1.165) is 29.7 Å². The number of hydrogen-bond acceptors (Lipinski definition) is 3. The Morgan fingerprint density at radius 1 is 1.04 bits per heavy atom. The minimum absolute atomic E-state index is 0.175. The minimum Gasteiger partial charge on any atom is -0.497 e. The van der Waals surface area contributed by atoms with Gasteiger partial charge in [-0.15, -0.1) is 0 Å². The molecular formula is C20H21NO3. The van der Waals surface area contributed by atoms with Crippen molar-refractivity contribution in [2.75, 3.05) is 7.11 Å². The van der Waals surface area contributed by atoms with E-state index in [9.17, 15) is 9.59 Å². The highest BCUT2D eigenvalue weighted by Crippen LogP contribution is 2.29. The van der Waals surface area contributed by atoms with Crippen LogP contribution in [0.15, 0.2) is 48.5 Å². The molecule has 1 aliphatic rings. The van der Waals surface area contributed by atoms with E-state index in [0.29, 0.717) is 12.1 Å². The summed E-state index contributed by atoms with van der Waals surface area (Å²) >= 11 is 0. The maximum Gasteiger partial charge on any atom is 0.295 e. The van der Waals surface area contributed by atoms with Crippen LogP contribution in [-0.4, -0.2) is 29.7 Å². The molecule has 4 nitrogen and oxygen atoms in total. The van der Waals surface area contributed by atoms with Gasteiger partial charge in [-0.1, -0.05) is 42.0 Å². The second kappa shape index (κ2) is 6.87. The first kappa shape index (κ1) is 16.2. The van der Waals surface area contributed by atoms with Crippen LogP contribution in [0, 0.1) is 6.92 Å². The summed E-state index contributed by atoms with van der Waals surface area (Å²) in [5.41, 5.74) is 2.51. The molecule has 0 aliphatic heterocycles. The van der Waals surface area contributed by atoms with Gasteiger partial charge in [-0.25, -0.2) is 0 Å². The number of rotatable bonds is 6. The summed E-state index contributed by atoms with van der Waals surface area (Å²) in [5.74, 6) is -0.0774. The van der Waals surface area contributed by atoms with Crippen LogP contribution in [0.25, 0.3) is 0 Å². The van der Waals surface area contributed by atoms with E-state index in [-0.39, 0.29) is 6.04 Å². The van der Waals surface area contributed by atoms with Crippen LogP contribution < -0.4 is 4.74 Å². The summed E-state index contributed by atoms with van der Waals surface area (Å²) in [5, 5.41) is 0. The van der Waals surface area contributed by atoms with Crippen LogP contribution in [0.4, 0.5) is 0 Å². The van der Waals surface area contributed by atoms with Gasteiger partial charge in [0.15, 0.2) is 0 Å². The maximum atomic E-state index is 12.7. The summed E-state index contributed by atoms with van der Waals surface area (Å²) in [6, 6.07) is 14.9. The third kappa shape index (κ3) is 3.65. The molecule has 1 fully saturated rings. The van der Waals surface area contributed by atoms with Crippen LogP contribution in [0.3, 0.4) is 0 Å². The van der Waals surface area contributed by atoms with Gasteiger partial charge < -0.3 is 9.64 Å². The number of hydrogen-bond donors (Lipinski definition) is 0. The van der Waals surface area contributed by atoms with E-state index in [4.69, 9.17) is 4.74 Å². The summed E-state index contributed by atoms with van der Waals surface area (Å²) in [4.78, 5) is 26.9. The largest absolute Gasteiger partial charge is 0.497 e. The minimum atomic E-state index is -0.435. The molecule has 2 aromatic carbocycles. The highest BCUT2D eigenvalue weighted by atomic mass is 16.5. The van der Waals surface area contributed by atoms with E-state index < -0.39 is 11.7 Å². The topological polar surface area (TPSA) is 46.6 Å². The molecule has 1 aliphatic carbocycles. The molecule has 124 valence electrons. The van der Waals surface area contributed by atoms with Gasteiger partial charge in [0.25, 0.3) is 5.91 Å². The second-order valence-corrected chi connectivity index (χ2v) is 6.21. The van der Waals surface area contributed by atoms with E-state index in [1.165, 1.54) is 0 Å². The Morgan fingerprint density at radius 2 is 1.67 bits per heavy atom. The fourth-order valence-electron chi connectivity index (χ4n) is 2.64. The smallest absolute Gasteiger partial charge is 0.295 e. The molecular weight excluding hydrogens is 302 g/mol. The number of benzene rings is 2. The van der Waals surface area contributed by atoms with Gasteiger partial charge in [-0.05, 0) is 37.5 Å². The van der Waals surface area contributed by atoms with Gasteiger partial charge in [-0.2, -0.15) is 0 Å². The van der Waals surface area contributed by atoms with E-state index in [1.807, 2.05) is 43.3 Å². The van der Waals surface area contributed by atoms with Crippen molar-refractivity contribution in [3.05, 3.63) is 65.2 Å². The Kier molecular flexibility index (Phi) is 4.65. The average molecular weight is 323 g/mol. The van der Waals surface area contributed by atoms with Crippen LogP contribution in [0.2, 0.25) is 0 Å². The van der Waals surface area contributed by atoms with Crippen LogP contribution >= 0.6 is 0 Å². The first-order valence-electron chi connectivity index (χ1n) is 8.13. The quantitative estimate of drug-likeness (QED) is 0.605. The van der Waals surface area contributed by atoms with Crippen molar-refractivity contribution >= 4 is 11.7 Å². The normalized spacial score (nSPS) is 13.4. The Balaban J connectivity index is 1.75. The van der Waals surface area contributed by atoms with Crippen LogP contribution in [-0.2, 0) is 11.3 Å². The molecule has 2 aromatic rings. The van der Waals surface area contributed by atoms with Crippen LogP contribution in [0.5, 0.6) is 5.75 Å².